The Morgan fingerprint density at radius 2 is 2.07 bits per heavy atom. The van der Waals surface area contributed by atoms with Crippen LogP contribution < -0.4 is 0 Å². The van der Waals surface area contributed by atoms with Crippen LogP contribution in [0.25, 0.3) is 0 Å². The van der Waals surface area contributed by atoms with Crippen LogP contribution in [0.5, 0.6) is 0 Å². The maximum absolute atomic E-state index is 11.9. The van der Waals surface area contributed by atoms with Crippen molar-refractivity contribution in [2.45, 2.75) is 57.2 Å². The Morgan fingerprint density at radius 3 is 2.64 bits per heavy atom. The van der Waals surface area contributed by atoms with Crippen molar-refractivity contribution in [1.29, 1.82) is 0 Å². The van der Waals surface area contributed by atoms with E-state index in [1.165, 1.54) is 19.3 Å². The Labute approximate surface area is 85.0 Å². The largest absolute Gasteiger partial charge is 0.374 e. The Bertz CT molecular complexity index is 245. The molecule has 3 fully saturated rings. The molecule has 1 aliphatic carbocycles. The molecule has 0 aromatic carbocycles. The number of Topliss-reactive ketones (excluding diaryl/α,β-unsaturated/α-hetero) is 1. The highest BCUT2D eigenvalue weighted by Crippen LogP contribution is 2.41. The van der Waals surface area contributed by atoms with Gasteiger partial charge in [-0.2, -0.15) is 0 Å². The van der Waals surface area contributed by atoms with Gasteiger partial charge in [0.15, 0.2) is 0 Å². The summed E-state index contributed by atoms with van der Waals surface area (Å²) in [4.78, 5) is 11.9. The van der Waals surface area contributed by atoms with Gasteiger partial charge < -0.3 is 4.74 Å². The van der Waals surface area contributed by atoms with Crippen LogP contribution in [-0.2, 0) is 9.53 Å². The van der Waals surface area contributed by atoms with Gasteiger partial charge in [0.25, 0.3) is 0 Å². The second-order valence-electron chi connectivity index (χ2n) is 5.16. The number of ketones is 1. The average Bonchev–Trinajstić information content (AvgIpc) is 2.79. The molecule has 0 spiro atoms. The zero-order valence-corrected chi connectivity index (χ0v) is 8.58. The third-order valence-electron chi connectivity index (χ3n) is 4.02. The summed E-state index contributed by atoms with van der Waals surface area (Å²) in [6.07, 6.45) is 8.76. The highest BCUT2D eigenvalue weighted by Gasteiger charge is 2.43. The number of hydrogen-bond donors (Lipinski definition) is 0. The summed E-state index contributed by atoms with van der Waals surface area (Å²) in [5.41, 5.74) is 0. The molecule has 2 heterocycles. The summed E-state index contributed by atoms with van der Waals surface area (Å²) in [7, 11) is 0. The fourth-order valence-corrected chi connectivity index (χ4v) is 2.91. The molecule has 0 aromatic heterocycles. The maximum Gasteiger partial charge on any atom is 0.138 e. The first kappa shape index (κ1) is 8.90. The van der Waals surface area contributed by atoms with Crippen molar-refractivity contribution in [1.82, 2.24) is 0 Å². The van der Waals surface area contributed by atoms with Crippen molar-refractivity contribution in [2.75, 3.05) is 0 Å². The molecular formula is C12H18O2. The lowest BCUT2D eigenvalue weighted by atomic mass is 9.84. The first-order valence-corrected chi connectivity index (χ1v) is 6.01. The van der Waals surface area contributed by atoms with Crippen LogP contribution >= 0.6 is 0 Å². The summed E-state index contributed by atoms with van der Waals surface area (Å²) in [5.74, 6) is 1.65. The lowest BCUT2D eigenvalue weighted by Crippen LogP contribution is -2.25. The Morgan fingerprint density at radius 1 is 1.21 bits per heavy atom. The van der Waals surface area contributed by atoms with Crippen molar-refractivity contribution in [2.24, 2.45) is 11.8 Å². The van der Waals surface area contributed by atoms with E-state index in [1.54, 1.807) is 0 Å². The van der Waals surface area contributed by atoms with E-state index >= 15 is 0 Å². The van der Waals surface area contributed by atoms with Gasteiger partial charge in [-0.3, -0.25) is 4.79 Å². The number of rotatable bonds is 4. The van der Waals surface area contributed by atoms with Crippen LogP contribution in [0.1, 0.15) is 44.9 Å². The minimum absolute atomic E-state index is 0.271. The van der Waals surface area contributed by atoms with E-state index in [2.05, 4.69) is 0 Å². The average molecular weight is 194 g/mol. The van der Waals surface area contributed by atoms with Gasteiger partial charge in [0.2, 0.25) is 0 Å². The van der Waals surface area contributed by atoms with Crippen LogP contribution in [0.4, 0.5) is 0 Å². The molecule has 2 nitrogen and oxygen atoms in total. The molecule has 0 aromatic rings. The molecule has 0 amide bonds. The van der Waals surface area contributed by atoms with Gasteiger partial charge in [-0.15, -0.1) is 0 Å². The summed E-state index contributed by atoms with van der Waals surface area (Å²) < 4.78 is 5.71. The monoisotopic (exact) mass is 194 g/mol. The topological polar surface area (TPSA) is 26.3 Å². The molecule has 3 rings (SSSR count). The van der Waals surface area contributed by atoms with Crippen molar-refractivity contribution in [3.05, 3.63) is 0 Å². The maximum atomic E-state index is 11.9. The number of hydrogen-bond acceptors (Lipinski definition) is 2. The Hall–Kier alpha value is -0.370. The predicted octanol–water partition coefficient (Wildman–Crippen LogP) is 2.31. The zero-order valence-electron chi connectivity index (χ0n) is 8.58. The lowest BCUT2D eigenvalue weighted by molar-refractivity contribution is -0.124. The van der Waals surface area contributed by atoms with Gasteiger partial charge in [0.05, 0.1) is 12.2 Å². The van der Waals surface area contributed by atoms with Crippen molar-refractivity contribution < 1.29 is 9.53 Å². The van der Waals surface area contributed by atoms with Crippen LogP contribution in [0.3, 0.4) is 0 Å². The number of fused-ring (bicyclic) bond motifs is 2. The van der Waals surface area contributed by atoms with Crippen LogP contribution in [0, 0.1) is 11.8 Å². The standard InChI is InChI=1S/C12H18O2/c13-11(5-3-8-1-2-8)10-7-9-4-6-12(10)14-9/h8-10,12H,1-7H2. The second-order valence-corrected chi connectivity index (χ2v) is 5.16. The Kier molecular flexibility index (Phi) is 2.12. The van der Waals surface area contributed by atoms with Gasteiger partial charge in [0.1, 0.15) is 5.78 Å². The molecule has 3 aliphatic rings. The smallest absolute Gasteiger partial charge is 0.138 e. The Balaban J connectivity index is 1.51. The van der Waals surface area contributed by atoms with E-state index in [4.69, 9.17) is 4.74 Å². The van der Waals surface area contributed by atoms with Gasteiger partial charge in [-0.1, -0.05) is 12.8 Å². The first-order valence-electron chi connectivity index (χ1n) is 6.01. The molecule has 14 heavy (non-hydrogen) atoms. The number of ether oxygens (including phenoxy) is 1. The third kappa shape index (κ3) is 1.60. The van der Waals surface area contributed by atoms with Gasteiger partial charge in [-0.25, -0.2) is 0 Å². The molecule has 2 saturated heterocycles. The van der Waals surface area contributed by atoms with Crippen molar-refractivity contribution in [3.8, 4) is 0 Å². The molecule has 2 aliphatic heterocycles. The minimum Gasteiger partial charge on any atom is -0.374 e. The normalized spacial score (nSPS) is 40.4. The lowest BCUT2D eigenvalue weighted by Gasteiger charge is -2.16. The van der Waals surface area contributed by atoms with E-state index in [0.29, 0.717) is 18.0 Å². The number of carbonyl (C=O) groups is 1. The van der Waals surface area contributed by atoms with Gasteiger partial charge >= 0.3 is 0 Å². The summed E-state index contributed by atoms with van der Waals surface area (Å²) in [6, 6.07) is 0. The summed E-state index contributed by atoms with van der Waals surface area (Å²) in [5, 5.41) is 0. The summed E-state index contributed by atoms with van der Waals surface area (Å²) in [6.45, 7) is 0. The fraction of sp³-hybridized carbons (Fsp3) is 0.917. The quantitative estimate of drug-likeness (QED) is 0.686. The molecule has 0 radical (unpaired) electrons. The van der Waals surface area contributed by atoms with E-state index in [0.717, 1.165) is 31.6 Å². The van der Waals surface area contributed by atoms with Gasteiger partial charge in [0, 0.05) is 12.3 Å². The predicted molar refractivity (Wildman–Crippen MR) is 53.0 cm³/mol. The van der Waals surface area contributed by atoms with E-state index in [9.17, 15) is 4.79 Å². The third-order valence-corrected chi connectivity index (χ3v) is 4.02. The molecular weight excluding hydrogens is 176 g/mol. The fourth-order valence-electron chi connectivity index (χ4n) is 2.91. The summed E-state index contributed by atoms with van der Waals surface area (Å²) >= 11 is 0. The highest BCUT2D eigenvalue weighted by atomic mass is 16.5. The zero-order chi connectivity index (χ0) is 9.54. The molecule has 3 atom stereocenters. The molecule has 2 heteroatoms. The minimum atomic E-state index is 0.271. The molecule has 78 valence electrons. The SMILES string of the molecule is O=C(CCC1CC1)C1CC2CCC1O2. The highest BCUT2D eigenvalue weighted by molar-refractivity contribution is 5.82. The van der Waals surface area contributed by atoms with E-state index < -0.39 is 0 Å². The van der Waals surface area contributed by atoms with Crippen LogP contribution in [-0.4, -0.2) is 18.0 Å². The first-order chi connectivity index (χ1) is 6.83. The van der Waals surface area contributed by atoms with E-state index in [-0.39, 0.29) is 5.92 Å². The van der Waals surface area contributed by atoms with E-state index in [1.807, 2.05) is 0 Å². The molecule has 3 unspecified atom stereocenters. The second kappa shape index (κ2) is 3.34. The van der Waals surface area contributed by atoms with Gasteiger partial charge in [-0.05, 0) is 31.6 Å². The number of carbonyl (C=O) groups excluding carboxylic acids is 1. The molecule has 2 bridgehead atoms. The van der Waals surface area contributed by atoms with Crippen LogP contribution in [0.2, 0.25) is 0 Å². The van der Waals surface area contributed by atoms with Crippen LogP contribution in [0.15, 0.2) is 0 Å². The molecule has 0 N–H and O–H groups in total. The van der Waals surface area contributed by atoms with Crippen molar-refractivity contribution >= 4 is 5.78 Å². The van der Waals surface area contributed by atoms with Crippen molar-refractivity contribution in [3.63, 3.8) is 0 Å². The molecule has 1 saturated carbocycles.